The van der Waals surface area contributed by atoms with E-state index in [1.54, 1.807) is 11.8 Å². The van der Waals surface area contributed by atoms with Crippen molar-refractivity contribution in [3.63, 3.8) is 0 Å². The lowest BCUT2D eigenvalue weighted by atomic mass is 9.96. The molecule has 0 spiro atoms. The van der Waals surface area contributed by atoms with Crippen LogP contribution < -0.4 is 5.32 Å². The van der Waals surface area contributed by atoms with Gasteiger partial charge < -0.3 is 9.88 Å². The van der Waals surface area contributed by atoms with E-state index in [1.165, 1.54) is 0 Å². The van der Waals surface area contributed by atoms with Crippen LogP contribution in [0.3, 0.4) is 0 Å². The molecular weight excluding hydrogens is 284 g/mol. The Bertz CT molecular complexity index is 454. The van der Waals surface area contributed by atoms with Gasteiger partial charge >= 0.3 is 0 Å². The molecule has 6 heteroatoms. The molecule has 2 heterocycles. The van der Waals surface area contributed by atoms with Crippen molar-refractivity contribution in [3.8, 4) is 0 Å². The van der Waals surface area contributed by atoms with Gasteiger partial charge in [0.05, 0.1) is 6.54 Å². The minimum Gasteiger partial charge on any atom is -0.355 e. The summed E-state index contributed by atoms with van der Waals surface area (Å²) in [7, 11) is 2.02. The lowest BCUT2D eigenvalue weighted by Crippen LogP contribution is -2.41. The highest BCUT2D eigenvalue weighted by Gasteiger charge is 2.25. The van der Waals surface area contributed by atoms with Crippen LogP contribution in [0.15, 0.2) is 12.4 Å². The van der Waals surface area contributed by atoms with Gasteiger partial charge in [0.15, 0.2) is 0 Å². The van der Waals surface area contributed by atoms with Crippen molar-refractivity contribution in [2.24, 2.45) is 13.0 Å². The fourth-order valence-electron chi connectivity index (χ4n) is 2.57. The number of hydrogen-bond donors (Lipinski definition) is 1. The fourth-order valence-corrected chi connectivity index (χ4v) is 2.82. The van der Waals surface area contributed by atoms with E-state index in [-0.39, 0.29) is 11.8 Å². The number of thioether (sulfide) groups is 1. The van der Waals surface area contributed by atoms with Gasteiger partial charge in [-0.2, -0.15) is 11.8 Å². The molecule has 1 aromatic rings. The maximum absolute atomic E-state index is 12.1. The number of likely N-dealkylation sites (tertiary alicyclic amines) is 1. The van der Waals surface area contributed by atoms with E-state index >= 15 is 0 Å². The fraction of sp³-hybridized carbons (Fsp3) is 0.733. The third kappa shape index (κ3) is 4.74. The molecule has 1 aromatic heterocycles. The largest absolute Gasteiger partial charge is 0.355 e. The number of aryl methyl sites for hydroxylation is 1. The standard InChI is InChI=1S/C15H26N4OS/c1-12(21-3)10-17-15(20)13-4-7-19(8-5-13)11-14-16-6-9-18(14)2/h6,9,12-13H,4-5,7-8,10-11H2,1-3H3,(H,17,20)/t12-/m0/s1. The summed E-state index contributed by atoms with van der Waals surface area (Å²) in [6, 6.07) is 0. The van der Waals surface area contributed by atoms with E-state index in [4.69, 9.17) is 0 Å². The Kier molecular flexibility index (Phi) is 6.11. The molecule has 1 fully saturated rings. The number of hydrogen-bond acceptors (Lipinski definition) is 4. The van der Waals surface area contributed by atoms with E-state index in [0.29, 0.717) is 5.25 Å². The number of carbonyl (C=O) groups excluding carboxylic acids is 1. The molecule has 0 aliphatic carbocycles. The van der Waals surface area contributed by atoms with E-state index < -0.39 is 0 Å². The summed E-state index contributed by atoms with van der Waals surface area (Å²) in [5.74, 6) is 1.50. The van der Waals surface area contributed by atoms with Crippen LogP contribution in [0.25, 0.3) is 0 Å². The summed E-state index contributed by atoms with van der Waals surface area (Å²) in [6.45, 7) is 5.74. The van der Waals surface area contributed by atoms with Gasteiger partial charge in [0.25, 0.3) is 0 Å². The van der Waals surface area contributed by atoms with Crippen LogP contribution in [-0.2, 0) is 18.4 Å². The van der Waals surface area contributed by atoms with Crippen molar-refractivity contribution in [3.05, 3.63) is 18.2 Å². The summed E-state index contributed by atoms with van der Waals surface area (Å²) in [5, 5.41) is 3.56. The Morgan fingerprint density at radius 3 is 2.81 bits per heavy atom. The maximum Gasteiger partial charge on any atom is 0.223 e. The zero-order chi connectivity index (χ0) is 15.2. The molecule has 1 atom stereocenters. The van der Waals surface area contributed by atoms with Crippen LogP contribution in [0.5, 0.6) is 0 Å². The number of piperidine rings is 1. The van der Waals surface area contributed by atoms with E-state index in [1.807, 2.05) is 19.4 Å². The first-order valence-electron chi connectivity index (χ1n) is 7.59. The molecule has 2 rings (SSSR count). The van der Waals surface area contributed by atoms with Crippen LogP contribution in [-0.4, -0.2) is 51.5 Å². The van der Waals surface area contributed by atoms with Gasteiger partial charge in [-0.15, -0.1) is 0 Å². The van der Waals surface area contributed by atoms with Gasteiger partial charge in [-0.1, -0.05) is 6.92 Å². The summed E-state index contributed by atoms with van der Waals surface area (Å²) >= 11 is 1.79. The zero-order valence-corrected chi connectivity index (χ0v) is 14.0. The van der Waals surface area contributed by atoms with Crippen molar-refractivity contribution >= 4 is 17.7 Å². The normalized spacial score (nSPS) is 18.6. The van der Waals surface area contributed by atoms with Crippen LogP contribution in [0.4, 0.5) is 0 Å². The van der Waals surface area contributed by atoms with Crippen molar-refractivity contribution in [1.82, 2.24) is 19.8 Å². The van der Waals surface area contributed by atoms with Crippen molar-refractivity contribution in [2.45, 2.75) is 31.6 Å². The minimum atomic E-state index is 0.177. The molecule has 0 aromatic carbocycles. The first-order chi connectivity index (χ1) is 10.1. The van der Waals surface area contributed by atoms with Gasteiger partial charge in [0.1, 0.15) is 5.82 Å². The molecule has 1 aliphatic heterocycles. The molecule has 0 unspecified atom stereocenters. The molecule has 118 valence electrons. The molecule has 1 aliphatic rings. The topological polar surface area (TPSA) is 50.2 Å². The van der Waals surface area contributed by atoms with Gasteiger partial charge in [-0.25, -0.2) is 4.98 Å². The predicted octanol–water partition coefficient (Wildman–Crippen LogP) is 1.50. The zero-order valence-electron chi connectivity index (χ0n) is 13.2. The average Bonchev–Trinajstić information content (AvgIpc) is 2.90. The molecule has 5 nitrogen and oxygen atoms in total. The third-order valence-corrected chi connectivity index (χ3v) is 5.18. The van der Waals surface area contributed by atoms with E-state index in [0.717, 1.165) is 44.8 Å². The molecule has 1 N–H and O–H groups in total. The SMILES string of the molecule is CS[C@@H](C)CNC(=O)C1CCN(Cc2nccn2C)CC1. The quantitative estimate of drug-likeness (QED) is 0.865. The highest BCUT2D eigenvalue weighted by Crippen LogP contribution is 2.19. The van der Waals surface area contributed by atoms with Gasteiger partial charge in [0.2, 0.25) is 5.91 Å². The van der Waals surface area contributed by atoms with Crippen LogP contribution in [0, 0.1) is 5.92 Å². The molecule has 1 saturated heterocycles. The number of carbonyl (C=O) groups is 1. The Hall–Kier alpha value is -1.01. The number of amides is 1. The maximum atomic E-state index is 12.1. The molecule has 0 radical (unpaired) electrons. The number of aromatic nitrogens is 2. The third-order valence-electron chi connectivity index (χ3n) is 4.21. The van der Waals surface area contributed by atoms with Gasteiger partial charge in [0, 0.05) is 37.2 Å². The Morgan fingerprint density at radius 2 is 2.24 bits per heavy atom. The second-order valence-corrected chi connectivity index (χ2v) is 7.07. The van der Waals surface area contributed by atoms with Gasteiger partial charge in [-0.3, -0.25) is 9.69 Å². The molecular formula is C15H26N4OS. The first kappa shape index (κ1) is 16.4. The highest BCUT2D eigenvalue weighted by atomic mass is 32.2. The smallest absolute Gasteiger partial charge is 0.223 e. The number of nitrogens with zero attached hydrogens (tertiary/aromatic N) is 3. The first-order valence-corrected chi connectivity index (χ1v) is 8.88. The lowest BCUT2D eigenvalue weighted by Gasteiger charge is -2.31. The molecule has 1 amide bonds. The summed E-state index contributed by atoms with van der Waals surface area (Å²) in [6.07, 6.45) is 7.78. The monoisotopic (exact) mass is 310 g/mol. The van der Waals surface area contributed by atoms with E-state index in [9.17, 15) is 4.79 Å². The molecule has 0 saturated carbocycles. The van der Waals surface area contributed by atoms with Crippen LogP contribution in [0.1, 0.15) is 25.6 Å². The van der Waals surface area contributed by atoms with Crippen molar-refractivity contribution in [2.75, 3.05) is 25.9 Å². The lowest BCUT2D eigenvalue weighted by molar-refractivity contribution is -0.126. The average molecular weight is 310 g/mol. The van der Waals surface area contributed by atoms with Crippen molar-refractivity contribution < 1.29 is 4.79 Å². The minimum absolute atomic E-state index is 0.177. The van der Waals surface area contributed by atoms with Gasteiger partial charge in [-0.05, 0) is 32.2 Å². The summed E-state index contributed by atoms with van der Waals surface area (Å²) < 4.78 is 2.06. The second-order valence-electron chi connectivity index (χ2n) is 5.80. The number of rotatable bonds is 6. The van der Waals surface area contributed by atoms with Crippen LogP contribution in [0.2, 0.25) is 0 Å². The second kappa shape index (κ2) is 7.84. The highest BCUT2D eigenvalue weighted by molar-refractivity contribution is 7.99. The summed E-state index contributed by atoms with van der Waals surface area (Å²) in [4.78, 5) is 18.9. The van der Waals surface area contributed by atoms with E-state index in [2.05, 4.69) is 32.9 Å². The number of nitrogens with one attached hydrogen (secondary N) is 1. The molecule has 0 bridgehead atoms. The Labute approximate surface area is 131 Å². The van der Waals surface area contributed by atoms with Crippen molar-refractivity contribution in [1.29, 1.82) is 0 Å². The Morgan fingerprint density at radius 1 is 1.52 bits per heavy atom. The molecule has 21 heavy (non-hydrogen) atoms. The van der Waals surface area contributed by atoms with Crippen LogP contribution >= 0.6 is 11.8 Å². The number of imidazole rings is 1. The predicted molar refractivity (Wildman–Crippen MR) is 87.2 cm³/mol. The summed E-state index contributed by atoms with van der Waals surface area (Å²) in [5.41, 5.74) is 0. The Balaban J connectivity index is 1.73.